The largest absolute Gasteiger partial charge is 0.192 e. The fourth-order valence-electron chi connectivity index (χ4n) is 4.70. The van der Waals surface area contributed by atoms with E-state index in [4.69, 9.17) is 5.26 Å². The van der Waals surface area contributed by atoms with Gasteiger partial charge in [0.15, 0.2) is 0 Å². The Morgan fingerprint density at radius 3 is 1.61 bits per heavy atom. The molecule has 0 atom stereocenters. The second kappa shape index (κ2) is 13.7. The molecule has 0 aliphatic carbocycles. The molecule has 0 amide bonds. The predicted octanol–water partition coefficient (Wildman–Crippen LogP) is 9.70. The lowest BCUT2D eigenvalue weighted by molar-refractivity contribution is 0.579. The molecule has 182 valence electrons. The van der Waals surface area contributed by atoms with Crippen molar-refractivity contribution in [2.75, 3.05) is 0 Å². The Bertz CT molecular complexity index is 1250. The summed E-state index contributed by atoms with van der Waals surface area (Å²) in [5, 5.41) is 8.95. The molecule has 0 fully saturated rings. The topological polar surface area (TPSA) is 23.8 Å². The van der Waals surface area contributed by atoms with Crippen molar-refractivity contribution >= 4 is 12.6 Å². The molecule has 0 N–H and O–H groups in total. The van der Waals surface area contributed by atoms with Gasteiger partial charge in [-0.2, -0.15) is 5.26 Å². The first-order chi connectivity index (χ1) is 17.7. The van der Waals surface area contributed by atoms with Crippen molar-refractivity contribution < 1.29 is 0 Å². The fourth-order valence-corrected chi connectivity index (χ4v) is 4.85. The number of aryl methyl sites for hydroxylation is 2. The SMILES string of the molecule is N#Cc1ccc(-c2ccc(CCCCCCCCCc3cccc(-c4ccc(S)cc4)c3)cc2)cc1. The maximum absolute atomic E-state index is 8.95. The Balaban J connectivity index is 1.08. The molecule has 0 saturated carbocycles. The van der Waals surface area contributed by atoms with Crippen LogP contribution in [0.5, 0.6) is 0 Å². The van der Waals surface area contributed by atoms with Gasteiger partial charge in [-0.25, -0.2) is 0 Å². The lowest BCUT2D eigenvalue weighted by Crippen LogP contribution is -1.89. The van der Waals surface area contributed by atoms with Gasteiger partial charge in [0.2, 0.25) is 0 Å². The third kappa shape index (κ3) is 7.87. The summed E-state index contributed by atoms with van der Waals surface area (Å²) >= 11 is 4.39. The molecule has 0 radical (unpaired) electrons. The zero-order valence-corrected chi connectivity index (χ0v) is 21.9. The summed E-state index contributed by atoms with van der Waals surface area (Å²) in [5.41, 5.74) is 8.49. The van der Waals surface area contributed by atoms with Crippen LogP contribution in [0.2, 0.25) is 0 Å². The summed E-state index contributed by atoms with van der Waals surface area (Å²) in [7, 11) is 0. The van der Waals surface area contributed by atoms with Crippen LogP contribution in [-0.2, 0) is 12.8 Å². The van der Waals surface area contributed by atoms with Gasteiger partial charge in [0.05, 0.1) is 11.6 Å². The maximum atomic E-state index is 8.95. The van der Waals surface area contributed by atoms with E-state index < -0.39 is 0 Å². The highest BCUT2D eigenvalue weighted by atomic mass is 32.1. The molecule has 4 rings (SSSR count). The minimum absolute atomic E-state index is 0.705. The number of unbranched alkanes of at least 4 members (excludes halogenated alkanes) is 6. The molecule has 36 heavy (non-hydrogen) atoms. The minimum atomic E-state index is 0.705. The van der Waals surface area contributed by atoms with Gasteiger partial charge in [0, 0.05) is 4.90 Å². The Labute approximate surface area is 222 Å². The summed E-state index contributed by atoms with van der Waals surface area (Å²) in [6.45, 7) is 0. The Morgan fingerprint density at radius 2 is 1.00 bits per heavy atom. The van der Waals surface area contributed by atoms with Crippen LogP contribution in [0.4, 0.5) is 0 Å². The first-order valence-corrected chi connectivity index (χ1v) is 13.6. The van der Waals surface area contributed by atoms with Gasteiger partial charge in [-0.05, 0) is 83.3 Å². The molecule has 0 aromatic heterocycles. The van der Waals surface area contributed by atoms with Crippen molar-refractivity contribution in [3.8, 4) is 28.3 Å². The normalized spacial score (nSPS) is 10.8. The molecule has 0 heterocycles. The average Bonchev–Trinajstić information content (AvgIpc) is 2.93. The molecule has 0 bridgehead atoms. The van der Waals surface area contributed by atoms with E-state index in [0.717, 1.165) is 23.3 Å². The summed E-state index contributed by atoms with van der Waals surface area (Å²) in [5.74, 6) is 0. The van der Waals surface area contributed by atoms with E-state index in [-0.39, 0.29) is 0 Å². The molecular formula is C34H35NS. The molecule has 1 nitrogen and oxygen atoms in total. The Hall–Kier alpha value is -3.28. The van der Waals surface area contributed by atoms with Crippen LogP contribution in [0, 0.1) is 11.3 Å². The van der Waals surface area contributed by atoms with Gasteiger partial charge in [-0.15, -0.1) is 12.6 Å². The number of benzene rings is 4. The van der Waals surface area contributed by atoms with Crippen molar-refractivity contribution in [3.63, 3.8) is 0 Å². The van der Waals surface area contributed by atoms with E-state index in [2.05, 4.69) is 91.5 Å². The van der Waals surface area contributed by atoms with Gasteiger partial charge in [0.25, 0.3) is 0 Å². The van der Waals surface area contributed by atoms with Crippen molar-refractivity contribution in [2.45, 2.75) is 62.7 Å². The highest BCUT2D eigenvalue weighted by Gasteiger charge is 2.02. The highest BCUT2D eigenvalue weighted by molar-refractivity contribution is 7.80. The van der Waals surface area contributed by atoms with Crippen LogP contribution in [0.25, 0.3) is 22.3 Å². The van der Waals surface area contributed by atoms with E-state index in [0.29, 0.717) is 5.56 Å². The second-order valence-electron chi connectivity index (χ2n) is 9.61. The van der Waals surface area contributed by atoms with Crippen molar-refractivity contribution in [3.05, 3.63) is 114 Å². The molecule has 2 heteroatoms. The van der Waals surface area contributed by atoms with E-state index in [1.165, 1.54) is 72.8 Å². The predicted molar refractivity (Wildman–Crippen MR) is 155 cm³/mol. The monoisotopic (exact) mass is 489 g/mol. The smallest absolute Gasteiger partial charge is 0.0991 e. The number of thiol groups is 1. The van der Waals surface area contributed by atoms with E-state index in [1.807, 2.05) is 24.3 Å². The maximum Gasteiger partial charge on any atom is 0.0991 e. The van der Waals surface area contributed by atoms with E-state index in [1.54, 1.807) is 0 Å². The van der Waals surface area contributed by atoms with E-state index >= 15 is 0 Å². The van der Waals surface area contributed by atoms with Crippen LogP contribution in [0.3, 0.4) is 0 Å². The van der Waals surface area contributed by atoms with Crippen LogP contribution >= 0.6 is 12.6 Å². The van der Waals surface area contributed by atoms with Gasteiger partial charge >= 0.3 is 0 Å². The molecular weight excluding hydrogens is 454 g/mol. The molecule has 4 aromatic carbocycles. The second-order valence-corrected chi connectivity index (χ2v) is 10.1. The third-order valence-corrected chi connectivity index (χ3v) is 7.16. The first kappa shape index (κ1) is 25.8. The number of nitriles is 1. The quantitative estimate of drug-likeness (QED) is 0.155. The van der Waals surface area contributed by atoms with Gasteiger partial charge in [0.1, 0.15) is 0 Å². The average molecular weight is 490 g/mol. The van der Waals surface area contributed by atoms with E-state index in [9.17, 15) is 0 Å². The fraction of sp³-hybridized carbons (Fsp3) is 0.265. The summed E-state index contributed by atoms with van der Waals surface area (Å²) in [4.78, 5) is 1.00. The Morgan fingerprint density at radius 1 is 0.500 bits per heavy atom. The lowest BCUT2D eigenvalue weighted by atomic mass is 9.99. The molecule has 0 aliphatic heterocycles. The third-order valence-electron chi connectivity index (χ3n) is 6.86. The van der Waals surface area contributed by atoms with Gasteiger partial charge < -0.3 is 0 Å². The molecule has 0 saturated heterocycles. The Kier molecular flexibility index (Phi) is 9.83. The number of rotatable bonds is 12. The van der Waals surface area contributed by atoms with Crippen LogP contribution in [-0.4, -0.2) is 0 Å². The zero-order chi connectivity index (χ0) is 25.0. The first-order valence-electron chi connectivity index (χ1n) is 13.2. The minimum Gasteiger partial charge on any atom is -0.192 e. The van der Waals surface area contributed by atoms with Crippen molar-refractivity contribution in [1.29, 1.82) is 5.26 Å². The van der Waals surface area contributed by atoms with Crippen LogP contribution in [0.15, 0.2) is 102 Å². The van der Waals surface area contributed by atoms with Gasteiger partial charge in [-0.3, -0.25) is 0 Å². The molecule has 0 unspecified atom stereocenters. The van der Waals surface area contributed by atoms with Crippen LogP contribution in [0.1, 0.15) is 61.6 Å². The summed E-state index contributed by atoms with van der Waals surface area (Å²) in [6, 6.07) is 36.2. The summed E-state index contributed by atoms with van der Waals surface area (Å²) in [6.07, 6.45) is 11.5. The summed E-state index contributed by atoms with van der Waals surface area (Å²) < 4.78 is 0. The van der Waals surface area contributed by atoms with Crippen LogP contribution < -0.4 is 0 Å². The number of hydrogen-bond acceptors (Lipinski definition) is 2. The molecule has 0 spiro atoms. The number of hydrogen-bond donors (Lipinski definition) is 1. The lowest BCUT2D eigenvalue weighted by Gasteiger charge is -2.07. The van der Waals surface area contributed by atoms with Gasteiger partial charge in [-0.1, -0.05) is 105 Å². The van der Waals surface area contributed by atoms with Crippen molar-refractivity contribution in [2.24, 2.45) is 0 Å². The van der Waals surface area contributed by atoms with Crippen molar-refractivity contribution in [1.82, 2.24) is 0 Å². The molecule has 0 aliphatic rings. The number of nitrogens with zero attached hydrogens (tertiary/aromatic N) is 1. The standard InChI is InChI=1S/C34H35NS/c35-26-29-15-19-31(20-16-29)30-17-13-27(14-18-30)9-6-4-2-1-3-5-7-10-28-11-8-12-33(25-28)32-21-23-34(36)24-22-32/h8,11-25,36H,1-7,9-10H2. The zero-order valence-electron chi connectivity index (χ0n) is 21.0. The highest BCUT2D eigenvalue weighted by Crippen LogP contribution is 2.23. The molecule has 4 aromatic rings.